The topological polar surface area (TPSA) is 21.7 Å². The number of anilines is 3. The van der Waals surface area contributed by atoms with Gasteiger partial charge in [0.1, 0.15) is 23.0 Å². The van der Waals surface area contributed by atoms with Gasteiger partial charge in [-0.15, -0.1) is 0 Å². The minimum atomic E-state index is -0.664. The highest BCUT2D eigenvalue weighted by Gasteiger charge is 2.55. The molecular weight excluding hydrogens is 1020 g/mol. The van der Waals surface area contributed by atoms with Crippen LogP contribution in [0.2, 0.25) is 0 Å². The van der Waals surface area contributed by atoms with Gasteiger partial charge in [0.05, 0.1) is 27.6 Å². The van der Waals surface area contributed by atoms with Crippen molar-refractivity contribution in [1.82, 2.24) is 0 Å². The molecule has 3 nitrogen and oxygen atoms in total. The Balaban J connectivity index is 0.906. The summed E-state index contributed by atoms with van der Waals surface area (Å²) in [6.45, 7) is 0. The zero-order chi connectivity index (χ0) is 54.9. The third-order valence-electron chi connectivity index (χ3n) is 19.6. The Morgan fingerprint density at radius 2 is 0.500 bits per heavy atom. The van der Waals surface area contributed by atoms with Gasteiger partial charge in [-0.1, -0.05) is 249 Å². The fourth-order valence-corrected chi connectivity index (χ4v) is 16.7. The van der Waals surface area contributed by atoms with E-state index in [4.69, 9.17) is 9.47 Å². The number of nitrogens with zero attached hydrogens (tertiary/aromatic N) is 1. The first-order valence-electron chi connectivity index (χ1n) is 29.2. The predicted molar refractivity (Wildman–Crippen MR) is 338 cm³/mol. The zero-order valence-electron chi connectivity index (χ0n) is 45.6. The molecule has 0 atom stereocenters. The maximum Gasteiger partial charge on any atom is 0.132 e. The Morgan fingerprint density at radius 3 is 0.929 bits per heavy atom. The Labute approximate surface area is 487 Å². The molecule has 390 valence electrons. The van der Waals surface area contributed by atoms with E-state index < -0.39 is 16.2 Å². The van der Waals surface area contributed by atoms with Crippen LogP contribution in [0, 0.1) is 0 Å². The summed E-state index contributed by atoms with van der Waals surface area (Å²) < 4.78 is 13.6. The molecule has 4 aliphatic carbocycles. The second-order valence-electron chi connectivity index (χ2n) is 23.2. The normalized spacial score (nSPS) is 14.9. The lowest BCUT2D eigenvalue weighted by Gasteiger charge is -2.39. The van der Waals surface area contributed by atoms with Crippen molar-refractivity contribution in [3.8, 4) is 78.6 Å². The summed E-state index contributed by atoms with van der Waals surface area (Å²) in [4.78, 5) is 2.61. The summed E-state index contributed by atoms with van der Waals surface area (Å²) in [6, 6.07) is 111. The zero-order valence-corrected chi connectivity index (χ0v) is 45.6. The van der Waals surface area contributed by atoms with Crippen molar-refractivity contribution in [2.24, 2.45) is 0 Å². The molecule has 0 amide bonds. The van der Waals surface area contributed by atoms with Gasteiger partial charge in [0.2, 0.25) is 0 Å². The van der Waals surface area contributed by atoms with Crippen molar-refractivity contribution < 1.29 is 9.47 Å². The molecule has 13 aromatic rings. The molecule has 84 heavy (non-hydrogen) atoms. The molecule has 3 heteroatoms. The van der Waals surface area contributed by atoms with Crippen molar-refractivity contribution in [3.63, 3.8) is 0 Å². The van der Waals surface area contributed by atoms with Gasteiger partial charge in [-0.25, -0.2) is 0 Å². The first kappa shape index (κ1) is 45.9. The third kappa shape index (κ3) is 5.53. The van der Waals surface area contributed by atoms with Crippen LogP contribution in [0.3, 0.4) is 0 Å². The van der Waals surface area contributed by atoms with E-state index in [1.165, 1.54) is 94.6 Å². The van der Waals surface area contributed by atoms with Gasteiger partial charge in [-0.3, -0.25) is 0 Å². The van der Waals surface area contributed by atoms with E-state index in [-0.39, 0.29) is 0 Å². The van der Waals surface area contributed by atoms with Crippen LogP contribution >= 0.6 is 0 Å². The van der Waals surface area contributed by atoms with Crippen LogP contribution in [0.15, 0.2) is 297 Å². The van der Waals surface area contributed by atoms with Gasteiger partial charge in [0.25, 0.3) is 0 Å². The van der Waals surface area contributed by atoms with Crippen molar-refractivity contribution in [2.75, 3.05) is 4.90 Å². The molecule has 0 saturated carbocycles. The van der Waals surface area contributed by atoms with Crippen LogP contribution in [0.25, 0.3) is 55.6 Å². The number of ether oxygens (including phenoxy) is 2. The van der Waals surface area contributed by atoms with Gasteiger partial charge in [0, 0.05) is 39.1 Å². The first-order valence-corrected chi connectivity index (χ1v) is 29.2. The van der Waals surface area contributed by atoms with Crippen molar-refractivity contribution >= 4 is 17.1 Å². The summed E-state index contributed by atoms with van der Waals surface area (Å²) >= 11 is 0. The van der Waals surface area contributed by atoms with E-state index in [0.717, 1.165) is 67.9 Å². The summed E-state index contributed by atoms with van der Waals surface area (Å²) in [5.41, 5.74) is 28.6. The van der Waals surface area contributed by atoms with Crippen molar-refractivity contribution in [3.05, 3.63) is 364 Å². The molecule has 6 aliphatic rings. The maximum absolute atomic E-state index is 6.85. The van der Waals surface area contributed by atoms with Gasteiger partial charge in [-0.05, 0) is 138 Å². The van der Waals surface area contributed by atoms with Gasteiger partial charge < -0.3 is 14.4 Å². The number of hydrogen-bond acceptors (Lipinski definition) is 3. The number of fused-ring (bicyclic) bond motifs is 28. The smallest absolute Gasteiger partial charge is 0.132 e. The van der Waals surface area contributed by atoms with E-state index in [0.29, 0.717) is 0 Å². The average molecular weight is 1070 g/mol. The van der Waals surface area contributed by atoms with Crippen LogP contribution in [-0.4, -0.2) is 0 Å². The van der Waals surface area contributed by atoms with Crippen molar-refractivity contribution in [2.45, 2.75) is 16.2 Å². The quantitative estimate of drug-likeness (QED) is 0.175. The molecule has 13 aromatic carbocycles. The predicted octanol–water partition coefficient (Wildman–Crippen LogP) is 20.1. The van der Waals surface area contributed by atoms with Crippen LogP contribution in [0.4, 0.5) is 17.1 Å². The summed E-state index contributed by atoms with van der Waals surface area (Å²) in [6.07, 6.45) is 0. The van der Waals surface area contributed by atoms with E-state index in [1.807, 2.05) is 0 Å². The molecule has 0 aromatic heterocycles. The minimum absolute atomic E-state index is 0.539. The second kappa shape index (κ2) is 16.7. The molecular formula is C81H49NO2. The monoisotopic (exact) mass is 1070 g/mol. The highest BCUT2D eigenvalue weighted by molar-refractivity contribution is 6.05. The fourth-order valence-electron chi connectivity index (χ4n) is 16.7. The van der Waals surface area contributed by atoms with Crippen LogP contribution < -0.4 is 14.4 Å². The SMILES string of the molecule is c1cc(-c2cccc3c2-c2ccccc2C32c3ccccc3Oc3ccccc32)cc(N(c2cccc3c2-c2ccccc2C32c3ccccc3Oc3ccccc32)c2cccc3c2-c2ccccc2C32c3ccccc3-c3ccccc32)c1. The summed E-state index contributed by atoms with van der Waals surface area (Å²) in [5.74, 6) is 3.52. The fraction of sp³-hybridized carbons (Fsp3) is 0.0370. The number of rotatable bonds is 4. The first-order chi connectivity index (χ1) is 41.7. The van der Waals surface area contributed by atoms with Crippen LogP contribution in [0.1, 0.15) is 66.8 Å². The van der Waals surface area contributed by atoms with E-state index >= 15 is 0 Å². The Morgan fingerprint density at radius 1 is 0.214 bits per heavy atom. The molecule has 2 heterocycles. The Hall–Kier alpha value is -10.7. The van der Waals surface area contributed by atoms with Crippen LogP contribution in [-0.2, 0) is 16.2 Å². The molecule has 0 radical (unpaired) electrons. The lowest BCUT2D eigenvalue weighted by Crippen LogP contribution is -2.32. The molecule has 0 unspecified atom stereocenters. The highest BCUT2D eigenvalue weighted by Crippen LogP contribution is 2.69. The number of benzene rings is 13. The number of hydrogen-bond donors (Lipinski definition) is 0. The molecule has 0 fully saturated rings. The highest BCUT2D eigenvalue weighted by atomic mass is 16.5. The van der Waals surface area contributed by atoms with Gasteiger partial charge in [0.15, 0.2) is 0 Å². The molecule has 19 rings (SSSR count). The Bertz CT molecular complexity index is 4890. The summed E-state index contributed by atoms with van der Waals surface area (Å²) in [5, 5.41) is 0. The lowest BCUT2D eigenvalue weighted by molar-refractivity contribution is 0.436. The summed E-state index contributed by atoms with van der Waals surface area (Å²) in [7, 11) is 0. The van der Waals surface area contributed by atoms with Gasteiger partial charge in [-0.2, -0.15) is 0 Å². The second-order valence-corrected chi connectivity index (χ2v) is 23.2. The molecule has 0 saturated heterocycles. The van der Waals surface area contributed by atoms with Crippen LogP contribution in [0.5, 0.6) is 23.0 Å². The van der Waals surface area contributed by atoms with Crippen molar-refractivity contribution in [1.29, 1.82) is 0 Å². The maximum atomic E-state index is 6.85. The molecule has 0 bridgehead atoms. The van der Waals surface area contributed by atoms with E-state index in [1.54, 1.807) is 0 Å². The minimum Gasteiger partial charge on any atom is -0.457 e. The number of para-hydroxylation sites is 4. The molecule has 0 N–H and O–H groups in total. The largest absolute Gasteiger partial charge is 0.457 e. The Kier molecular flexibility index (Phi) is 9.13. The van der Waals surface area contributed by atoms with Gasteiger partial charge >= 0.3 is 0 Å². The third-order valence-corrected chi connectivity index (χ3v) is 19.6. The van der Waals surface area contributed by atoms with E-state index in [9.17, 15) is 0 Å². The lowest BCUT2D eigenvalue weighted by atomic mass is 9.66. The molecule has 3 spiro atoms. The standard InChI is InChI=1S/C81H49NO2/c1-6-31-58-53(25-1)54-26-2-7-32-59(54)79(58)61-34-9-4-28-56(61)77-68(79)41-21-43-70(77)82(71-44-22-42-69-78(71)57-29-5-10-35-62(57)81(69)65-38-13-17-47-74(65)84-75-48-18-14-39-66(75)81)51-24-19-23-50(49-51)52-30-20-40-67-76(52)55-27-3-8-33-60(55)80(67)63-36-11-15-45-72(63)83-73-46-16-12-37-64(73)80/h1-49H. The average Bonchev–Trinajstić information content (AvgIpc) is 1.65. The molecule has 2 aliphatic heterocycles. The van der Waals surface area contributed by atoms with E-state index in [2.05, 4.69) is 302 Å².